The third-order valence-corrected chi connectivity index (χ3v) is 4.29. The van der Waals surface area contributed by atoms with Crippen molar-refractivity contribution in [3.8, 4) is 0 Å². The van der Waals surface area contributed by atoms with Gasteiger partial charge >= 0.3 is 5.97 Å². The quantitative estimate of drug-likeness (QED) is 0.687. The summed E-state index contributed by atoms with van der Waals surface area (Å²) in [7, 11) is 1.37. The summed E-state index contributed by atoms with van der Waals surface area (Å²) in [6, 6.07) is 9.59. The van der Waals surface area contributed by atoms with Gasteiger partial charge in [-0.25, -0.2) is 4.79 Å². The molecule has 1 fully saturated rings. The molecule has 1 N–H and O–H groups in total. The van der Waals surface area contributed by atoms with Gasteiger partial charge in [-0.05, 0) is 43.2 Å². The first kappa shape index (κ1) is 16.3. The number of esters is 1. The second-order valence-electron chi connectivity index (χ2n) is 5.99. The van der Waals surface area contributed by atoms with Crippen molar-refractivity contribution in [2.24, 2.45) is 5.92 Å². The van der Waals surface area contributed by atoms with E-state index in [4.69, 9.17) is 4.74 Å². The Hall–Kier alpha value is -2.10. The molecule has 1 saturated carbocycles. The van der Waals surface area contributed by atoms with Gasteiger partial charge in [0.1, 0.15) is 5.54 Å². The number of methoxy groups -OCH3 is 1. The van der Waals surface area contributed by atoms with Gasteiger partial charge in [0.05, 0.1) is 7.11 Å². The molecule has 22 heavy (non-hydrogen) atoms. The highest BCUT2D eigenvalue weighted by molar-refractivity contribution is 5.96. The lowest BCUT2D eigenvalue weighted by Gasteiger charge is -2.37. The van der Waals surface area contributed by atoms with E-state index in [0.717, 1.165) is 18.4 Å². The Labute approximate surface area is 131 Å². The van der Waals surface area contributed by atoms with Gasteiger partial charge in [-0.2, -0.15) is 0 Å². The van der Waals surface area contributed by atoms with Gasteiger partial charge in [0.25, 0.3) is 0 Å². The van der Waals surface area contributed by atoms with Crippen molar-refractivity contribution in [1.82, 2.24) is 5.32 Å². The summed E-state index contributed by atoms with van der Waals surface area (Å²) in [6.45, 7) is 2.17. The SMILES string of the molecule is COC(=O)C1(NC(=O)/C=C/c2ccccc2)CCC(C)CC1. The van der Waals surface area contributed by atoms with Crippen LogP contribution in [-0.2, 0) is 14.3 Å². The Bertz CT molecular complexity index is 543. The van der Waals surface area contributed by atoms with E-state index in [2.05, 4.69) is 12.2 Å². The number of ether oxygens (including phenoxy) is 1. The van der Waals surface area contributed by atoms with Gasteiger partial charge < -0.3 is 10.1 Å². The number of rotatable bonds is 4. The molecule has 0 aromatic heterocycles. The van der Waals surface area contributed by atoms with Crippen LogP contribution in [0.25, 0.3) is 6.08 Å². The van der Waals surface area contributed by atoms with E-state index < -0.39 is 5.54 Å². The van der Waals surface area contributed by atoms with E-state index in [1.54, 1.807) is 6.08 Å². The molecule has 0 spiro atoms. The molecule has 1 aliphatic carbocycles. The van der Waals surface area contributed by atoms with E-state index in [0.29, 0.717) is 18.8 Å². The fraction of sp³-hybridized carbons (Fsp3) is 0.444. The molecular weight excluding hydrogens is 278 g/mol. The standard InChI is InChI=1S/C18H23NO3/c1-14-10-12-18(13-11-14,17(21)22-2)19-16(20)9-8-15-6-4-3-5-7-15/h3-9,14H,10-13H2,1-2H3,(H,19,20)/b9-8+. The van der Waals surface area contributed by atoms with Crippen molar-refractivity contribution in [3.05, 3.63) is 42.0 Å². The highest BCUT2D eigenvalue weighted by atomic mass is 16.5. The lowest BCUT2D eigenvalue weighted by molar-refractivity contribution is -0.152. The zero-order chi connectivity index (χ0) is 16.0. The molecule has 4 nitrogen and oxygen atoms in total. The molecule has 1 amide bonds. The lowest BCUT2D eigenvalue weighted by atomic mass is 9.77. The van der Waals surface area contributed by atoms with Crippen molar-refractivity contribution in [1.29, 1.82) is 0 Å². The van der Waals surface area contributed by atoms with Crippen LogP contribution >= 0.6 is 0 Å². The number of hydrogen-bond donors (Lipinski definition) is 1. The summed E-state index contributed by atoms with van der Waals surface area (Å²) in [6.07, 6.45) is 6.30. The molecular formula is C18H23NO3. The van der Waals surface area contributed by atoms with Crippen LogP contribution in [0.1, 0.15) is 38.2 Å². The molecule has 0 aliphatic heterocycles. The number of carbonyl (C=O) groups is 2. The number of hydrogen-bond acceptors (Lipinski definition) is 3. The number of amides is 1. The summed E-state index contributed by atoms with van der Waals surface area (Å²) < 4.78 is 4.91. The average Bonchev–Trinajstić information content (AvgIpc) is 2.55. The molecule has 1 aromatic carbocycles. The fourth-order valence-corrected chi connectivity index (χ4v) is 2.84. The Kier molecular flexibility index (Phi) is 5.36. The first-order valence-corrected chi connectivity index (χ1v) is 7.69. The van der Waals surface area contributed by atoms with Gasteiger partial charge in [0.15, 0.2) is 0 Å². The maximum Gasteiger partial charge on any atom is 0.331 e. The Balaban J connectivity index is 2.05. The van der Waals surface area contributed by atoms with Crippen LogP contribution in [0.2, 0.25) is 0 Å². The van der Waals surface area contributed by atoms with E-state index in [9.17, 15) is 9.59 Å². The maximum atomic E-state index is 12.2. The van der Waals surface area contributed by atoms with Gasteiger partial charge in [-0.1, -0.05) is 37.3 Å². The van der Waals surface area contributed by atoms with Crippen LogP contribution in [0.3, 0.4) is 0 Å². The Morgan fingerprint density at radius 3 is 2.45 bits per heavy atom. The fourth-order valence-electron chi connectivity index (χ4n) is 2.84. The largest absolute Gasteiger partial charge is 0.467 e. The van der Waals surface area contributed by atoms with Gasteiger partial charge in [0, 0.05) is 6.08 Å². The second-order valence-corrected chi connectivity index (χ2v) is 5.99. The highest BCUT2D eigenvalue weighted by Crippen LogP contribution is 2.32. The average molecular weight is 301 g/mol. The first-order valence-electron chi connectivity index (χ1n) is 7.69. The van der Waals surface area contributed by atoms with Gasteiger partial charge in [-0.3, -0.25) is 4.79 Å². The molecule has 0 atom stereocenters. The van der Waals surface area contributed by atoms with Crippen LogP contribution in [-0.4, -0.2) is 24.5 Å². The first-order chi connectivity index (χ1) is 10.6. The summed E-state index contributed by atoms with van der Waals surface area (Å²) in [4.78, 5) is 24.3. The number of benzene rings is 1. The molecule has 0 heterocycles. The van der Waals surface area contributed by atoms with Crippen molar-refractivity contribution < 1.29 is 14.3 Å². The van der Waals surface area contributed by atoms with Crippen molar-refractivity contribution >= 4 is 18.0 Å². The molecule has 0 saturated heterocycles. The second kappa shape index (κ2) is 7.25. The van der Waals surface area contributed by atoms with E-state index >= 15 is 0 Å². The highest BCUT2D eigenvalue weighted by Gasteiger charge is 2.43. The lowest BCUT2D eigenvalue weighted by Crippen LogP contribution is -2.56. The van der Waals surface area contributed by atoms with Crippen molar-refractivity contribution in [2.75, 3.05) is 7.11 Å². The van der Waals surface area contributed by atoms with Crippen LogP contribution in [0.15, 0.2) is 36.4 Å². The summed E-state index contributed by atoms with van der Waals surface area (Å²) in [5.74, 6) is -0.0285. The van der Waals surface area contributed by atoms with E-state index in [1.165, 1.54) is 13.2 Å². The molecule has 1 aromatic rings. The Morgan fingerprint density at radius 2 is 1.86 bits per heavy atom. The zero-order valence-corrected chi connectivity index (χ0v) is 13.2. The minimum atomic E-state index is -0.876. The summed E-state index contributed by atoms with van der Waals surface area (Å²) in [5, 5.41) is 2.87. The number of nitrogens with one attached hydrogen (secondary N) is 1. The Morgan fingerprint density at radius 1 is 1.23 bits per heavy atom. The zero-order valence-electron chi connectivity index (χ0n) is 13.2. The molecule has 2 rings (SSSR count). The monoisotopic (exact) mass is 301 g/mol. The van der Waals surface area contributed by atoms with Crippen molar-refractivity contribution in [3.63, 3.8) is 0 Å². The topological polar surface area (TPSA) is 55.4 Å². The number of carbonyl (C=O) groups excluding carboxylic acids is 2. The predicted molar refractivity (Wildman–Crippen MR) is 86.0 cm³/mol. The van der Waals surface area contributed by atoms with Crippen LogP contribution in [0.5, 0.6) is 0 Å². The molecule has 0 unspecified atom stereocenters. The van der Waals surface area contributed by atoms with Gasteiger partial charge in [-0.15, -0.1) is 0 Å². The smallest absolute Gasteiger partial charge is 0.331 e. The molecule has 0 bridgehead atoms. The normalized spacial score (nSPS) is 24.9. The van der Waals surface area contributed by atoms with E-state index in [-0.39, 0.29) is 11.9 Å². The molecule has 1 aliphatic rings. The van der Waals surface area contributed by atoms with Crippen LogP contribution in [0, 0.1) is 5.92 Å². The minimum absolute atomic E-state index is 0.260. The summed E-state index contributed by atoms with van der Waals surface area (Å²) in [5.41, 5.74) is 0.0707. The molecule has 4 heteroatoms. The third-order valence-electron chi connectivity index (χ3n) is 4.29. The minimum Gasteiger partial charge on any atom is -0.467 e. The van der Waals surface area contributed by atoms with Crippen LogP contribution in [0.4, 0.5) is 0 Å². The third kappa shape index (κ3) is 3.97. The van der Waals surface area contributed by atoms with E-state index in [1.807, 2.05) is 30.3 Å². The maximum absolute atomic E-state index is 12.2. The van der Waals surface area contributed by atoms with Crippen LogP contribution < -0.4 is 5.32 Å². The van der Waals surface area contributed by atoms with Crippen molar-refractivity contribution in [2.45, 2.75) is 38.1 Å². The molecule has 0 radical (unpaired) electrons. The predicted octanol–water partition coefficient (Wildman–Crippen LogP) is 2.94. The van der Waals surface area contributed by atoms with Gasteiger partial charge in [0.2, 0.25) is 5.91 Å². The molecule has 118 valence electrons. The summed E-state index contributed by atoms with van der Waals surface area (Å²) >= 11 is 0.